The minimum absolute atomic E-state index is 0.0211. The summed E-state index contributed by atoms with van der Waals surface area (Å²) >= 11 is 0. The lowest BCUT2D eigenvalue weighted by atomic mass is 10.0. The number of benzene rings is 1. The van der Waals surface area contributed by atoms with Crippen LogP contribution >= 0.6 is 0 Å². The lowest BCUT2D eigenvalue weighted by molar-refractivity contribution is -0.135. The van der Waals surface area contributed by atoms with E-state index in [0.29, 0.717) is 5.75 Å². The first-order chi connectivity index (χ1) is 14.5. The summed E-state index contributed by atoms with van der Waals surface area (Å²) in [6.07, 6.45) is 1.33. The molecule has 2 atom stereocenters. The Morgan fingerprint density at radius 1 is 1.29 bits per heavy atom. The van der Waals surface area contributed by atoms with Crippen LogP contribution in [0.15, 0.2) is 47.6 Å². The van der Waals surface area contributed by atoms with Crippen LogP contribution in [0.25, 0.3) is 0 Å². The van der Waals surface area contributed by atoms with Gasteiger partial charge in [0.1, 0.15) is 16.8 Å². The van der Waals surface area contributed by atoms with Gasteiger partial charge in [-0.2, -0.15) is 4.31 Å². The Hall–Kier alpha value is -2.52. The maximum Gasteiger partial charge on any atom is 0.263 e. The molecule has 1 aromatic heterocycles. The summed E-state index contributed by atoms with van der Waals surface area (Å²) in [4.78, 5) is 16.7. The summed E-state index contributed by atoms with van der Waals surface area (Å²) in [6.45, 7) is 6.83. The molecule has 2 aromatic rings. The number of aryl methyl sites for hydroxylation is 2. The van der Waals surface area contributed by atoms with Gasteiger partial charge < -0.3 is 10.1 Å². The Morgan fingerprint density at radius 2 is 2.03 bits per heavy atom. The minimum Gasteiger partial charge on any atom is -0.478 e. The van der Waals surface area contributed by atoms with E-state index >= 15 is 0 Å². The van der Waals surface area contributed by atoms with Crippen molar-refractivity contribution in [3.05, 3.63) is 53.9 Å². The zero-order chi connectivity index (χ0) is 22.8. The first-order valence-corrected chi connectivity index (χ1v) is 11.6. The van der Waals surface area contributed by atoms with Crippen molar-refractivity contribution in [3.63, 3.8) is 0 Å². The van der Waals surface area contributed by atoms with Gasteiger partial charge in [-0.25, -0.2) is 12.8 Å². The number of ether oxygens (including phenoxy) is 1. The number of nitrogens with zero attached hydrogens (tertiary/aromatic N) is 2. The topological polar surface area (TPSA) is 88.6 Å². The molecule has 1 aliphatic rings. The number of amides is 1. The molecule has 1 saturated heterocycles. The van der Waals surface area contributed by atoms with Gasteiger partial charge in [0.25, 0.3) is 5.91 Å². The van der Waals surface area contributed by atoms with Crippen molar-refractivity contribution in [1.29, 1.82) is 0 Å². The number of alkyl halides is 1. The number of halogens is 1. The largest absolute Gasteiger partial charge is 0.478 e. The van der Waals surface area contributed by atoms with E-state index in [9.17, 15) is 17.6 Å². The molecule has 1 aliphatic heterocycles. The van der Waals surface area contributed by atoms with E-state index < -0.39 is 33.7 Å². The maximum absolute atomic E-state index is 14.9. The van der Waals surface area contributed by atoms with E-state index in [-0.39, 0.29) is 24.4 Å². The van der Waals surface area contributed by atoms with Gasteiger partial charge in [-0.15, -0.1) is 0 Å². The van der Waals surface area contributed by atoms with Crippen LogP contribution in [0.2, 0.25) is 0 Å². The van der Waals surface area contributed by atoms with Gasteiger partial charge in [0.15, 0.2) is 5.60 Å². The van der Waals surface area contributed by atoms with Crippen LogP contribution in [0.4, 0.5) is 4.39 Å². The molecule has 0 spiro atoms. The second-order valence-corrected chi connectivity index (χ2v) is 10.3. The number of carbonyl (C=O) groups excluding carboxylic acids is 1. The third kappa shape index (κ3) is 5.22. The zero-order valence-electron chi connectivity index (χ0n) is 18.1. The Kier molecular flexibility index (Phi) is 6.66. The Morgan fingerprint density at radius 3 is 2.68 bits per heavy atom. The third-order valence-corrected chi connectivity index (χ3v) is 7.20. The normalized spacial score (nSPS) is 20.3. The van der Waals surface area contributed by atoms with E-state index in [4.69, 9.17) is 4.74 Å². The van der Waals surface area contributed by atoms with Crippen molar-refractivity contribution in [2.75, 3.05) is 13.1 Å². The first kappa shape index (κ1) is 23.1. The van der Waals surface area contributed by atoms with Crippen LogP contribution in [-0.4, -0.2) is 54.5 Å². The molecule has 0 radical (unpaired) electrons. The number of sulfonamides is 1. The maximum atomic E-state index is 14.9. The Bertz CT molecular complexity index is 1040. The highest BCUT2D eigenvalue weighted by molar-refractivity contribution is 7.89. The highest BCUT2D eigenvalue weighted by Crippen LogP contribution is 2.26. The quantitative estimate of drug-likeness (QED) is 0.733. The predicted octanol–water partition coefficient (Wildman–Crippen LogP) is 2.77. The summed E-state index contributed by atoms with van der Waals surface area (Å²) in [5, 5.41) is 2.70. The number of carbonyl (C=O) groups is 1. The molecule has 1 aromatic carbocycles. The van der Waals surface area contributed by atoms with Crippen molar-refractivity contribution < 1.29 is 22.3 Å². The summed E-state index contributed by atoms with van der Waals surface area (Å²) in [5.74, 6) is 0.138. The van der Waals surface area contributed by atoms with Crippen LogP contribution in [-0.2, 0) is 14.8 Å². The van der Waals surface area contributed by atoms with Crippen molar-refractivity contribution in [3.8, 4) is 5.75 Å². The summed E-state index contributed by atoms with van der Waals surface area (Å²) in [5.41, 5.74) is 0.670. The smallest absolute Gasteiger partial charge is 0.263 e. The van der Waals surface area contributed by atoms with Gasteiger partial charge in [0, 0.05) is 25.5 Å². The van der Waals surface area contributed by atoms with E-state index in [1.54, 1.807) is 13.8 Å². The number of nitrogens with one attached hydrogen (secondary N) is 1. The van der Waals surface area contributed by atoms with Crippen LogP contribution < -0.4 is 10.1 Å². The zero-order valence-corrected chi connectivity index (χ0v) is 18.9. The van der Waals surface area contributed by atoms with E-state index in [0.717, 1.165) is 15.4 Å². The monoisotopic (exact) mass is 449 g/mol. The second kappa shape index (κ2) is 8.92. The Balaban J connectivity index is 1.64. The summed E-state index contributed by atoms with van der Waals surface area (Å²) in [6, 6.07) is 7.87. The van der Waals surface area contributed by atoms with Gasteiger partial charge in [0.2, 0.25) is 10.0 Å². The number of hydrogen-bond acceptors (Lipinski definition) is 5. The van der Waals surface area contributed by atoms with Crippen molar-refractivity contribution in [1.82, 2.24) is 14.6 Å². The molecule has 0 saturated carbocycles. The molecular formula is C22H28FN3O4S. The number of aromatic nitrogens is 1. The number of piperidine rings is 1. The number of rotatable bonds is 6. The van der Waals surface area contributed by atoms with E-state index in [1.807, 2.05) is 32.0 Å². The van der Waals surface area contributed by atoms with E-state index in [1.165, 1.54) is 24.5 Å². The second-order valence-electron chi connectivity index (χ2n) is 8.32. The highest BCUT2D eigenvalue weighted by atomic mass is 32.2. The fourth-order valence-electron chi connectivity index (χ4n) is 3.39. The Labute approximate surface area is 182 Å². The molecule has 168 valence electrons. The molecule has 1 N–H and O–H groups in total. The van der Waals surface area contributed by atoms with Gasteiger partial charge in [-0.1, -0.05) is 12.1 Å². The van der Waals surface area contributed by atoms with Crippen LogP contribution in [0, 0.1) is 13.8 Å². The third-order valence-electron chi connectivity index (χ3n) is 5.35. The molecule has 0 aliphatic carbocycles. The molecule has 0 unspecified atom stereocenters. The average molecular weight is 450 g/mol. The first-order valence-electron chi connectivity index (χ1n) is 10.1. The molecule has 9 heteroatoms. The lowest BCUT2D eigenvalue weighted by Gasteiger charge is -2.36. The highest BCUT2D eigenvalue weighted by Gasteiger charge is 2.39. The molecule has 2 heterocycles. The number of hydrogen-bond donors (Lipinski definition) is 1. The molecule has 1 fully saturated rings. The summed E-state index contributed by atoms with van der Waals surface area (Å²) < 4.78 is 47.3. The summed E-state index contributed by atoms with van der Waals surface area (Å²) in [7, 11) is -3.83. The fourth-order valence-corrected chi connectivity index (χ4v) is 4.81. The molecule has 1 amide bonds. The van der Waals surface area contributed by atoms with Gasteiger partial charge in [0.05, 0.1) is 6.04 Å². The van der Waals surface area contributed by atoms with Gasteiger partial charge in [-0.05, 0) is 63.4 Å². The average Bonchev–Trinajstić information content (AvgIpc) is 2.72. The molecular weight excluding hydrogens is 421 g/mol. The lowest BCUT2D eigenvalue weighted by Crippen LogP contribution is -2.57. The van der Waals surface area contributed by atoms with Gasteiger partial charge in [-0.3, -0.25) is 9.78 Å². The molecule has 31 heavy (non-hydrogen) atoms. The van der Waals surface area contributed by atoms with Crippen LogP contribution in [0.3, 0.4) is 0 Å². The minimum atomic E-state index is -3.83. The van der Waals surface area contributed by atoms with Crippen molar-refractivity contribution in [2.45, 2.75) is 56.8 Å². The van der Waals surface area contributed by atoms with Crippen LogP contribution in [0.5, 0.6) is 5.75 Å². The molecule has 7 nitrogen and oxygen atoms in total. The van der Waals surface area contributed by atoms with Crippen molar-refractivity contribution in [2.24, 2.45) is 0 Å². The molecule has 0 bridgehead atoms. The van der Waals surface area contributed by atoms with E-state index in [2.05, 4.69) is 10.3 Å². The van der Waals surface area contributed by atoms with Crippen molar-refractivity contribution >= 4 is 15.9 Å². The number of pyridine rings is 1. The predicted molar refractivity (Wildman–Crippen MR) is 115 cm³/mol. The van der Waals surface area contributed by atoms with Gasteiger partial charge >= 0.3 is 0 Å². The van der Waals surface area contributed by atoms with Crippen LogP contribution in [0.1, 0.15) is 31.4 Å². The SMILES string of the molecule is Cc1ccc(C)c(OC(C)(C)C(=O)N[C@H]2CCN(S(=O)(=O)c3cccnc3)C[C@@H]2F)c1. The fraction of sp³-hybridized carbons (Fsp3) is 0.455. The molecule has 3 rings (SSSR count). The standard InChI is InChI=1S/C22H28FN3O4S/c1-15-7-8-16(2)20(12-15)30-22(3,4)21(27)25-19-9-11-26(14-18(19)23)31(28,29)17-6-5-10-24-13-17/h5-8,10,12-13,18-19H,9,11,14H2,1-4H3,(H,25,27)/t18-,19-/m0/s1.